The van der Waals surface area contributed by atoms with Crippen LogP contribution in [-0.4, -0.2) is 16.0 Å². The second kappa shape index (κ2) is 6.72. The monoisotopic (exact) mass is 343 g/mol. The van der Waals surface area contributed by atoms with E-state index >= 15 is 0 Å². The maximum atomic E-state index is 12.3. The van der Waals surface area contributed by atoms with Crippen LogP contribution in [0.25, 0.3) is 0 Å². The van der Waals surface area contributed by atoms with Crippen molar-refractivity contribution < 1.29 is 14.1 Å². The summed E-state index contributed by atoms with van der Waals surface area (Å²) in [5.41, 5.74) is 1.49. The third-order valence-electron chi connectivity index (χ3n) is 3.30. The number of rotatable bonds is 4. The second-order valence-electron chi connectivity index (χ2n) is 5.07. The number of aromatic nitrogens is 2. The van der Waals surface area contributed by atoms with E-state index in [1.165, 1.54) is 6.20 Å². The number of carbonyl (C=O) groups is 1. The Morgan fingerprint density at radius 1 is 1.25 bits per heavy atom. The van der Waals surface area contributed by atoms with Crippen LogP contribution in [0.2, 0.25) is 5.02 Å². The molecule has 0 aliphatic heterocycles. The van der Waals surface area contributed by atoms with Crippen molar-refractivity contribution in [2.24, 2.45) is 0 Å². The van der Waals surface area contributed by atoms with Gasteiger partial charge >= 0.3 is 0 Å². The van der Waals surface area contributed by atoms with Crippen LogP contribution in [0.3, 0.4) is 0 Å². The van der Waals surface area contributed by atoms with E-state index in [4.69, 9.17) is 20.9 Å². The van der Waals surface area contributed by atoms with Crippen LogP contribution in [0, 0.1) is 13.8 Å². The minimum absolute atomic E-state index is 0.304. The Hall–Kier alpha value is -2.86. The van der Waals surface area contributed by atoms with Gasteiger partial charge < -0.3 is 14.6 Å². The highest BCUT2D eigenvalue weighted by molar-refractivity contribution is 6.32. The second-order valence-corrected chi connectivity index (χ2v) is 5.48. The van der Waals surface area contributed by atoms with E-state index in [1.54, 1.807) is 38.1 Å². The van der Waals surface area contributed by atoms with Gasteiger partial charge in [0.2, 0.25) is 5.88 Å². The van der Waals surface area contributed by atoms with Crippen LogP contribution < -0.4 is 10.1 Å². The minimum atomic E-state index is -0.304. The maximum Gasteiger partial charge on any atom is 0.261 e. The first-order valence-corrected chi connectivity index (χ1v) is 7.55. The number of hydrogen-bond acceptors (Lipinski definition) is 5. The van der Waals surface area contributed by atoms with Gasteiger partial charge in [0.25, 0.3) is 5.91 Å². The third kappa shape index (κ3) is 3.38. The zero-order valence-corrected chi connectivity index (χ0v) is 13.8. The molecular formula is C17H14ClN3O3. The summed E-state index contributed by atoms with van der Waals surface area (Å²) in [6.45, 7) is 3.40. The summed E-state index contributed by atoms with van der Waals surface area (Å²) in [4.78, 5) is 16.5. The number of hydrogen-bond donors (Lipinski definition) is 1. The van der Waals surface area contributed by atoms with Gasteiger partial charge in [-0.25, -0.2) is 4.98 Å². The number of amides is 1. The lowest BCUT2D eigenvalue weighted by molar-refractivity contribution is 0.102. The van der Waals surface area contributed by atoms with Gasteiger partial charge in [0.1, 0.15) is 17.1 Å². The van der Waals surface area contributed by atoms with E-state index in [-0.39, 0.29) is 5.91 Å². The van der Waals surface area contributed by atoms with Crippen molar-refractivity contribution in [2.45, 2.75) is 13.8 Å². The molecule has 0 bridgehead atoms. The van der Waals surface area contributed by atoms with Crippen LogP contribution in [0.1, 0.15) is 21.8 Å². The fourth-order valence-electron chi connectivity index (χ4n) is 2.18. The molecule has 1 amide bonds. The van der Waals surface area contributed by atoms with Gasteiger partial charge in [-0.05, 0) is 32.0 Å². The molecule has 0 atom stereocenters. The molecule has 0 saturated carbocycles. The predicted octanol–water partition coefficient (Wildman–Crippen LogP) is 4.38. The van der Waals surface area contributed by atoms with E-state index in [1.807, 2.05) is 12.1 Å². The van der Waals surface area contributed by atoms with Gasteiger partial charge in [-0.3, -0.25) is 4.79 Å². The number of para-hydroxylation sites is 1. The first kappa shape index (κ1) is 16.0. The summed E-state index contributed by atoms with van der Waals surface area (Å²) in [5, 5.41) is 7.03. The highest BCUT2D eigenvalue weighted by Crippen LogP contribution is 2.28. The van der Waals surface area contributed by atoms with Gasteiger partial charge in [0.15, 0.2) is 0 Å². The summed E-state index contributed by atoms with van der Waals surface area (Å²) < 4.78 is 10.7. The van der Waals surface area contributed by atoms with Gasteiger partial charge in [-0.1, -0.05) is 28.9 Å². The van der Waals surface area contributed by atoms with Gasteiger partial charge in [0, 0.05) is 18.0 Å². The first-order valence-electron chi connectivity index (χ1n) is 7.17. The Labute approximate surface area is 143 Å². The third-order valence-corrected chi connectivity index (χ3v) is 3.62. The average molecular weight is 344 g/mol. The molecule has 1 N–H and O–H groups in total. The molecule has 7 heteroatoms. The molecule has 0 aliphatic rings. The number of anilines is 1. The predicted molar refractivity (Wildman–Crippen MR) is 89.7 cm³/mol. The molecule has 0 aliphatic carbocycles. The Morgan fingerprint density at radius 3 is 2.75 bits per heavy atom. The summed E-state index contributed by atoms with van der Waals surface area (Å²) in [6.07, 6.45) is 1.54. The van der Waals surface area contributed by atoms with E-state index in [2.05, 4.69) is 15.5 Å². The molecule has 24 heavy (non-hydrogen) atoms. The largest absolute Gasteiger partial charge is 0.437 e. The van der Waals surface area contributed by atoms with E-state index < -0.39 is 0 Å². The number of pyridine rings is 1. The number of nitrogens with zero attached hydrogens (tertiary/aromatic N) is 2. The van der Waals surface area contributed by atoms with Crippen molar-refractivity contribution in [3.63, 3.8) is 0 Å². The summed E-state index contributed by atoms with van der Waals surface area (Å²) in [7, 11) is 0. The Morgan fingerprint density at radius 2 is 2.04 bits per heavy atom. The van der Waals surface area contributed by atoms with Crippen LogP contribution in [0.15, 0.2) is 47.1 Å². The highest BCUT2D eigenvalue weighted by Gasteiger charge is 2.17. The van der Waals surface area contributed by atoms with Crippen LogP contribution in [-0.2, 0) is 0 Å². The average Bonchev–Trinajstić information content (AvgIpc) is 2.89. The van der Waals surface area contributed by atoms with Gasteiger partial charge in [-0.2, -0.15) is 0 Å². The van der Waals surface area contributed by atoms with Crippen LogP contribution in [0.4, 0.5) is 5.69 Å². The van der Waals surface area contributed by atoms with E-state index in [0.29, 0.717) is 39.4 Å². The number of halogens is 1. The molecule has 1 aromatic carbocycles. The normalized spacial score (nSPS) is 10.5. The molecule has 0 unspecified atom stereocenters. The lowest BCUT2D eigenvalue weighted by Crippen LogP contribution is -2.13. The topological polar surface area (TPSA) is 77.3 Å². The standard InChI is InChI=1S/C17H14ClN3O3/c1-10-16(11(2)24-21-10)17(22)20-12-7-8-19-15(9-12)23-14-6-4-3-5-13(14)18/h3-9H,1-2H3,(H,19,20,22). The van der Waals surface area contributed by atoms with Crippen molar-refractivity contribution in [3.05, 3.63) is 64.6 Å². The Kier molecular flexibility index (Phi) is 4.48. The maximum absolute atomic E-state index is 12.3. The molecule has 0 fully saturated rings. The lowest BCUT2D eigenvalue weighted by atomic mass is 10.2. The number of ether oxygens (including phenoxy) is 1. The SMILES string of the molecule is Cc1noc(C)c1C(=O)Nc1ccnc(Oc2ccccc2Cl)c1. The molecule has 122 valence electrons. The van der Waals surface area contributed by atoms with Gasteiger partial charge in [0.05, 0.1) is 10.7 Å². The quantitative estimate of drug-likeness (QED) is 0.760. The highest BCUT2D eigenvalue weighted by atomic mass is 35.5. The fraction of sp³-hybridized carbons (Fsp3) is 0.118. The van der Waals surface area contributed by atoms with Crippen molar-refractivity contribution in [2.75, 3.05) is 5.32 Å². The van der Waals surface area contributed by atoms with Crippen molar-refractivity contribution in [1.29, 1.82) is 0 Å². The van der Waals surface area contributed by atoms with Crippen molar-refractivity contribution in [3.8, 4) is 11.6 Å². The first-order chi connectivity index (χ1) is 11.5. The molecule has 0 spiro atoms. The fourth-order valence-corrected chi connectivity index (χ4v) is 2.36. The van der Waals surface area contributed by atoms with Gasteiger partial charge in [-0.15, -0.1) is 0 Å². The zero-order valence-electron chi connectivity index (χ0n) is 13.0. The van der Waals surface area contributed by atoms with Crippen LogP contribution >= 0.6 is 11.6 Å². The Balaban J connectivity index is 1.79. The number of benzene rings is 1. The lowest BCUT2D eigenvalue weighted by Gasteiger charge is -2.09. The van der Waals surface area contributed by atoms with Crippen molar-refractivity contribution >= 4 is 23.2 Å². The summed E-state index contributed by atoms with van der Waals surface area (Å²) >= 11 is 6.06. The number of aryl methyl sites for hydroxylation is 2. The molecule has 0 radical (unpaired) electrons. The molecule has 2 aromatic heterocycles. The zero-order chi connectivity index (χ0) is 17.1. The van der Waals surface area contributed by atoms with Crippen molar-refractivity contribution in [1.82, 2.24) is 10.1 Å². The molecule has 3 aromatic rings. The molecule has 0 saturated heterocycles. The smallest absolute Gasteiger partial charge is 0.261 e. The van der Waals surface area contributed by atoms with E-state index in [9.17, 15) is 4.79 Å². The molecule has 2 heterocycles. The summed E-state index contributed by atoms with van der Waals surface area (Å²) in [5.74, 6) is 0.966. The molecular weight excluding hydrogens is 330 g/mol. The van der Waals surface area contributed by atoms with Crippen LogP contribution in [0.5, 0.6) is 11.6 Å². The summed E-state index contributed by atoms with van der Waals surface area (Å²) in [6, 6.07) is 10.3. The molecule has 6 nitrogen and oxygen atoms in total. The minimum Gasteiger partial charge on any atom is -0.437 e. The van der Waals surface area contributed by atoms with E-state index in [0.717, 1.165) is 0 Å². The Bertz CT molecular complexity index is 873. The molecule has 3 rings (SSSR count). The number of nitrogens with one attached hydrogen (secondary N) is 1. The number of carbonyl (C=O) groups excluding carboxylic acids is 1.